The van der Waals surface area contributed by atoms with Gasteiger partial charge >= 0.3 is 0 Å². The zero-order chi connectivity index (χ0) is 17.6. The van der Waals surface area contributed by atoms with Crippen molar-refractivity contribution in [3.8, 4) is 11.8 Å². The van der Waals surface area contributed by atoms with E-state index in [1.807, 2.05) is 30.3 Å². The van der Waals surface area contributed by atoms with Crippen LogP contribution in [-0.2, 0) is 23.7 Å². The molecule has 6 nitrogen and oxygen atoms in total. The molecule has 1 N–H and O–H groups in total. The summed E-state index contributed by atoms with van der Waals surface area (Å²) in [5.74, 6) is 3.85. The lowest BCUT2D eigenvalue weighted by Crippen LogP contribution is -2.66. The van der Waals surface area contributed by atoms with Gasteiger partial charge in [-0.15, -0.1) is 0 Å². The maximum Gasteiger partial charge on any atom is 0.261 e. The van der Waals surface area contributed by atoms with Crippen molar-refractivity contribution in [3.05, 3.63) is 35.9 Å². The van der Waals surface area contributed by atoms with Gasteiger partial charge < -0.3 is 28.8 Å². The molecule has 1 heterocycles. The SMILES string of the molecule is COC[C@H]1O[C@@](O)(C#Cc2ccccc2)[C@H](OC)[C@@H](OC)[C@@H]1OC. The van der Waals surface area contributed by atoms with Crippen LogP contribution in [0.1, 0.15) is 5.56 Å². The third-order valence-corrected chi connectivity index (χ3v) is 3.99. The first-order valence-electron chi connectivity index (χ1n) is 7.65. The van der Waals surface area contributed by atoms with Crippen molar-refractivity contribution in [1.29, 1.82) is 0 Å². The van der Waals surface area contributed by atoms with Crippen LogP contribution in [0.25, 0.3) is 0 Å². The number of rotatable bonds is 5. The highest BCUT2D eigenvalue weighted by atomic mass is 16.7. The Morgan fingerprint density at radius 3 is 2.25 bits per heavy atom. The standard InChI is InChI=1S/C18H24O6/c1-20-12-14-15(21-2)16(22-3)17(23-4)18(19,24-14)11-10-13-8-6-5-7-9-13/h5-9,14-17,19H,12H2,1-4H3/t14-,15-,16+,17-,18+/m1/s1. The fourth-order valence-corrected chi connectivity index (χ4v) is 2.89. The first-order valence-corrected chi connectivity index (χ1v) is 7.65. The van der Waals surface area contributed by atoms with E-state index in [2.05, 4.69) is 11.8 Å². The third kappa shape index (κ3) is 3.95. The molecule has 6 heteroatoms. The van der Waals surface area contributed by atoms with E-state index in [9.17, 15) is 5.11 Å². The molecule has 0 aromatic heterocycles. The van der Waals surface area contributed by atoms with Crippen LogP contribution >= 0.6 is 0 Å². The van der Waals surface area contributed by atoms with E-state index in [0.29, 0.717) is 0 Å². The Kier molecular flexibility index (Phi) is 6.75. The van der Waals surface area contributed by atoms with Gasteiger partial charge in [-0.1, -0.05) is 24.1 Å². The van der Waals surface area contributed by atoms with E-state index in [-0.39, 0.29) is 6.61 Å². The monoisotopic (exact) mass is 336 g/mol. The van der Waals surface area contributed by atoms with E-state index >= 15 is 0 Å². The maximum atomic E-state index is 11.0. The minimum absolute atomic E-state index is 0.226. The van der Waals surface area contributed by atoms with Crippen molar-refractivity contribution in [2.75, 3.05) is 35.0 Å². The van der Waals surface area contributed by atoms with E-state index in [1.165, 1.54) is 14.2 Å². The van der Waals surface area contributed by atoms with Gasteiger partial charge in [-0.3, -0.25) is 0 Å². The molecule has 0 bridgehead atoms. The van der Waals surface area contributed by atoms with Crippen molar-refractivity contribution in [1.82, 2.24) is 0 Å². The second-order valence-electron chi connectivity index (χ2n) is 5.48. The summed E-state index contributed by atoms with van der Waals surface area (Å²) in [4.78, 5) is 0. The summed E-state index contributed by atoms with van der Waals surface area (Å²) in [6.07, 6.45) is -2.41. The highest BCUT2D eigenvalue weighted by Gasteiger charge is 2.54. The van der Waals surface area contributed by atoms with Gasteiger partial charge in [0.2, 0.25) is 0 Å². The van der Waals surface area contributed by atoms with Crippen molar-refractivity contribution in [2.45, 2.75) is 30.2 Å². The van der Waals surface area contributed by atoms with E-state index < -0.39 is 30.2 Å². The van der Waals surface area contributed by atoms with Crippen molar-refractivity contribution >= 4 is 0 Å². The molecule has 1 saturated heterocycles. The van der Waals surface area contributed by atoms with Crippen molar-refractivity contribution in [3.63, 3.8) is 0 Å². The largest absolute Gasteiger partial charge is 0.382 e. The Hall–Kier alpha value is -1.46. The smallest absolute Gasteiger partial charge is 0.261 e. The molecule has 0 radical (unpaired) electrons. The highest BCUT2D eigenvalue weighted by molar-refractivity contribution is 5.36. The molecule has 5 atom stereocenters. The Balaban J connectivity index is 2.36. The lowest BCUT2D eigenvalue weighted by atomic mass is 9.92. The van der Waals surface area contributed by atoms with Gasteiger partial charge in [0.15, 0.2) is 6.10 Å². The summed E-state index contributed by atoms with van der Waals surface area (Å²) in [5, 5.41) is 11.0. The van der Waals surface area contributed by atoms with Gasteiger partial charge in [0.1, 0.15) is 18.3 Å². The highest BCUT2D eigenvalue weighted by Crippen LogP contribution is 2.32. The average molecular weight is 336 g/mol. The molecule has 132 valence electrons. The van der Waals surface area contributed by atoms with Gasteiger partial charge in [0, 0.05) is 34.0 Å². The molecule has 1 aliphatic heterocycles. The molecule has 2 rings (SSSR count). The molecule has 0 unspecified atom stereocenters. The molecule has 0 aliphatic carbocycles. The van der Waals surface area contributed by atoms with Gasteiger partial charge in [0.05, 0.1) is 6.61 Å². The Morgan fingerprint density at radius 2 is 1.71 bits per heavy atom. The second kappa shape index (κ2) is 8.58. The Labute approximate surface area is 142 Å². The topological polar surface area (TPSA) is 66.4 Å². The number of methoxy groups -OCH3 is 4. The summed E-state index contributed by atoms with van der Waals surface area (Å²) in [7, 11) is 6.10. The first-order chi connectivity index (χ1) is 11.6. The third-order valence-electron chi connectivity index (χ3n) is 3.99. The minimum Gasteiger partial charge on any atom is -0.382 e. The minimum atomic E-state index is -1.84. The molecule has 0 saturated carbocycles. The lowest BCUT2D eigenvalue weighted by Gasteiger charge is -2.47. The quantitative estimate of drug-likeness (QED) is 0.803. The molecule has 0 amide bonds. The number of hydrogen-bond acceptors (Lipinski definition) is 6. The molecule has 1 fully saturated rings. The van der Waals surface area contributed by atoms with Crippen LogP contribution in [0.2, 0.25) is 0 Å². The summed E-state index contributed by atoms with van der Waals surface area (Å²) < 4.78 is 27.4. The van der Waals surface area contributed by atoms with Crippen LogP contribution in [0.5, 0.6) is 0 Å². The Morgan fingerprint density at radius 1 is 1.04 bits per heavy atom. The predicted octanol–water partition coefficient (Wildman–Crippen LogP) is 0.817. The van der Waals surface area contributed by atoms with Crippen molar-refractivity contribution in [2.24, 2.45) is 0 Å². The average Bonchev–Trinajstić information content (AvgIpc) is 2.60. The van der Waals surface area contributed by atoms with Crippen LogP contribution in [0.3, 0.4) is 0 Å². The molecular formula is C18H24O6. The summed E-state index contributed by atoms with van der Waals surface area (Å²) in [6.45, 7) is 0.226. The first kappa shape index (κ1) is 18.9. The number of benzene rings is 1. The lowest BCUT2D eigenvalue weighted by molar-refractivity contribution is -0.333. The summed E-state index contributed by atoms with van der Waals surface area (Å²) >= 11 is 0. The maximum absolute atomic E-state index is 11.0. The fraction of sp³-hybridized carbons (Fsp3) is 0.556. The van der Waals surface area contributed by atoms with Gasteiger partial charge in [-0.2, -0.15) is 0 Å². The molecule has 1 aromatic carbocycles. The predicted molar refractivity (Wildman–Crippen MR) is 87.4 cm³/mol. The molecule has 1 aromatic rings. The second-order valence-corrected chi connectivity index (χ2v) is 5.48. The molecule has 0 spiro atoms. The number of ether oxygens (including phenoxy) is 5. The van der Waals surface area contributed by atoms with Crippen LogP contribution in [-0.4, -0.2) is 70.4 Å². The molecule has 1 aliphatic rings. The van der Waals surface area contributed by atoms with Crippen LogP contribution in [0.15, 0.2) is 30.3 Å². The molecular weight excluding hydrogens is 312 g/mol. The summed E-state index contributed by atoms with van der Waals surface area (Å²) in [5.41, 5.74) is 0.760. The van der Waals surface area contributed by atoms with Gasteiger partial charge in [-0.05, 0) is 18.1 Å². The van der Waals surface area contributed by atoms with E-state index in [0.717, 1.165) is 5.56 Å². The van der Waals surface area contributed by atoms with Crippen LogP contribution < -0.4 is 0 Å². The summed E-state index contributed by atoms with van der Waals surface area (Å²) in [6, 6.07) is 9.33. The fourth-order valence-electron chi connectivity index (χ4n) is 2.89. The Bertz CT molecular complexity index is 566. The zero-order valence-corrected chi connectivity index (χ0v) is 14.4. The van der Waals surface area contributed by atoms with E-state index in [1.54, 1.807) is 14.2 Å². The number of hydrogen-bond donors (Lipinski definition) is 1. The van der Waals surface area contributed by atoms with Gasteiger partial charge in [-0.25, -0.2) is 0 Å². The van der Waals surface area contributed by atoms with Gasteiger partial charge in [0.25, 0.3) is 5.79 Å². The van der Waals surface area contributed by atoms with E-state index in [4.69, 9.17) is 23.7 Å². The zero-order valence-electron chi connectivity index (χ0n) is 14.4. The van der Waals surface area contributed by atoms with Crippen LogP contribution in [0.4, 0.5) is 0 Å². The molecule has 24 heavy (non-hydrogen) atoms. The van der Waals surface area contributed by atoms with Crippen molar-refractivity contribution < 1.29 is 28.8 Å². The van der Waals surface area contributed by atoms with Crippen LogP contribution in [0, 0.1) is 11.8 Å². The normalized spacial score (nSPS) is 32.9. The number of aliphatic hydroxyl groups is 1.